The van der Waals surface area contributed by atoms with Gasteiger partial charge >= 0.3 is 0 Å². The van der Waals surface area contributed by atoms with Crippen LogP contribution in [0.25, 0.3) is 16.9 Å². The Morgan fingerprint density at radius 3 is 2.56 bits per heavy atom. The lowest BCUT2D eigenvalue weighted by atomic mass is 9.84. The highest BCUT2D eigenvalue weighted by Crippen LogP contribution is 2.30. The van der Waals surface area contributed by atoms with Crippen molar-refractivity contribution in [3.05, 3.63) is 54.2 Å². The van der Waals surface area contributed by atoms with Crippen molar-refractivity contribution in [2.45, 2.75) is 47.5 Å². The summed E-state index contributed by atoms with van der Waals surface area (Å²) >= 11 is 0. The number of nitrogens with zero attached hydrogens (tertiary/aromatic N) is 2. The first kappa shape index (κ1) is 19.2. The molecule has 0 aliphatic heterocycles. The van der Waals surface area contributed by atoms with Gasteiger partial charge in [-0.25, -0.2) is 4.98 Å². The SMILES string of the molecule is Cc1ccn2c(NC(=O)C[C@@H](C)CC(C)(C)C)c(-c3ccccc3)nc2c1. The van der Waals surface area contributed by atoms with Crippen LogP contribution in [0.1, 0.15) is 46.1 Å². The average molecular weight is 364 g/mol. The molecule has 4 heteroatoms. The van der Waals surface area contributed by atoms with E-state index in [0.29, 0.717) is 12.3 Å². The number of fused-ring (bicyclic) bond motifs is 1. The minimum Gasteiger partial charge on any atom is -0.310 e. The summed E-state index contributed by atoms with van der Waals surface area (Å²) in [6, 6.07) is 14.1. The first-order valence-electron chi connectivity index (χ1n) is 9.57. The molecule has 0 bridgehead atoms. The third kappa shape index (κ3) is 4.76. The summed E-state index contributed by atoms with van der Waals surface area (Å²) in [5.74, 6) is 1.10. The number of benzene rings is 1. The number of rotatable bonds is 5. The summed E-state index contributed by atoms with van der Waals surface area (Å²) in [5.41, 5.74) is 4.00. The van der Waals surface area contributed by atoms with Gasteiger partial charge in [0.1, 0.15) is 17.2 Å². The zero-order valence-electron chi connectivity index (χ0n) is 16.9. The zero-order chi connectivity index (χ0) is 19.6. The number of amides is 1. The highest BCUT2D eigenvalue weighted by atomic mass is 16.1. The molecule has 142 valence electrons. The van der Waals surface area contributed by atoms with E-state index in [1.165, 1.54) is 0 Å². The van der Waals surface area contributed by atoms with Crippen molar-refractivity contribution in [3.8, 4) is 11.3 Å². The van der Waals surface area contributed by atoms with Crippen LogP contribution in [0.3, 0.4) is 0 Å². The van der Waals surface area contributed by atoms with Crippen LogP contribution in [-0.2, 0) is 4.79 Å². The van der Waals surface area contributed by atoms with Crippen molar-refractivity contribution >= 4 is 17.4 Å². The molecule has 0 aliphatic rings. The van der Waals surface area contributed by atoms with Gasteiger partial charge in [-0.3, -0.25) is 9.20 Å². The average Bonchev–Trinajstić information content (AvgIpc) is 2.91. The van der Waals surface area contributed by atoms with Gasteiger partial charge in [-0.1, -0.05) is 58.0 Å². The lowest BCUT2D eigenvalue weighted by molar-refractivity contribution is -0.117. The van der Waals surface area contributed by atoms with Crippen molar-refractivity contribution in [2.75, 3.05) is 5.32 Å². The second-order valence-corrected chi connectivity index (χ2v) is 8.73. The van der Waals surface area contributed by atoms with Crippen molar-refractivity contribution < 1.29 is 4.79 Å². The summed E-state index contributed by atoms with van der Waals surface area (Å²) in [6.07, 6.45) is 3.49. The van der Waals surface area contributed by atoms with Crippen LogP contribution in [0.4, 0.5) is 5.82 Å². The number of imidazole rings is 1. The molecule has 0 radical (unpaired) electrons. The molecule has 2 aromatic heterocycles. The van der Waals surface area contributed by atoms with Crippen LogP contribution in [0.15, 0.2) is 48.7 Å². The molecule has 3 aromatic rings. The number of aromatic nitrogens is 2. The molecule has 0 aliphatic carbocycles. The number of hydrogen-bond donors (Lipinski definition) is 1. The summed E-state index contributed by atoms with van der Waals surface area (Å²) < 4.78 is 1.96. The molecule has 1 atom stereocenters. The molecule has 0 saturated heterocycles. The second-order valence-electron chi connectivity index (χ2n) is 8.73. The van der Waals surface area contributed by atoms with Gasteiger partial charge in [0.15, 0.2) is 0 Å². The molecular weight excluding hydrogens is 334 g/mol. The van der Waals surface area contributed by atoms with E-state index >= 15 is 0 Å². The van der Waals surface area contributed by atoms with Crippen molar-refractivity contribution in [2.24, 2.45) is 11.3 Å². The first-order chi connectivity index (χ1) is 12.7. The minimum absolute atomic E-state index is 0.0336. The maximum atomic E-state index is 12.7. The topological polar surface area (TPSA) is 46.4 Å². The fraction of sp³-hybridized carbons (Fsp3) is 0.391. The van der Waals surface area contributed by atoms with Crippen molar-refractivity contribution in [1.82, 2.24) is 9.38 Å². The van der Waals surface area contributed by atoms with Crippen LogP contribution in [-0.4, -0.2) is 15.3 Å². The smallest absolute Gasteiger partial charge is 0.225 e. The molecule has 27 heavy (non-hydrogen) atoms. The molecule has 4 nitrogen and oxygen atoms in total. The van der Waals surface area contributed by atoms with Crippen molar-refractivity contribution in [1.29, 1.82) is 0 Å². The van der Waals surface area contributed by atoms with Gasteiger partial charge in [-0.2, -0.15) is 0 Å². The van der Waals surface area contributed by atoms with Crippen LogP contribution < -0.4 is 5.32 Å². The van der Waals surface area contributed by atoms with Gasteiger partial charge in [0, 0.05) is 18.2 Å². The second kappa shape index (κ2) is 7.55. The molecule has 1 amide bonds. The molecule has 0 fully saturated rings. The zero-order valence-corrected chi connectivity index (χ0v) is 16.9. The number of nitrogens with one attached hydrogen (secondary N) is 1. The van der Waals surface area contributed by atoms with Gasteiger partial charge in [-0.05, 0) is 42.4 Å². The molecule has 1 N–H and O–H groups in total. The number of hydrogen-bond acceptors (Lipinski definition) is 2. The Labute approximate surface area is 161 Å². The molecule has 1 aromatic carbocycles. The molecule has 0 saturated carbocycles. The third-order valence-corrected chi connectivity index (χ3v) is 4.58. The number of pyridine rings is 1. The fourth-order valence-electron chi connectivity index (χ4n) is 3.68. The van der Waals surface area contributed by atoms with Gasteiger partial charge in [0.2, 0.25) is 5.91 Å². The van der Waals surface area contributed by atoms with E-state index in [2.05, 4.69) is 33.0 Å². The van der Waals surface area contributed by atoms with Gasteiger partial charge in [-0.15, -0.1) is 0 Å². The van der Waals surface area contributed by atoms with E-state index in [0.717, 1.165) is 34.7 Å². The predicted molar refractivity (Wildman–Crippen MR) is 112 cm³/mol. The van der Waals surface area contributed by atoms with Gasteiger partial charge < -0.3 is 5.32 Å². The van der Waals surface area contributed by atoms with Gasteiger partial charge in [0.25, 0.3) is 0 Å². The maximum Gasteiger partial charge on any atom is 0.225 e. The number of anilines is 1. The maximum absolute atomic E-state index is 12.7. The quantitative estimate of drug-likeness (QED) is 0.631. The molecule has 3 rings (SSSR count). The highest BCUT2D eigenvalue weighted by molar-refractivity contribution is 5.94. The van der Waals surface area contributed by atoms with Crippen LogP contribution in [0.2, 0.25) is 0 Å². The Morgan fingerprint density at radius 2 is 1.89 bits per heavy atom. The molecule has 0 unspecified atom stereocenters. The summed E-state index contributed by atoms with van der Waals surface area (Å²) in [5, 5.41) is 3.13. The fourth-order valence-corrected chi connectivity index (χ4v) is 3.68. The summed E-state index contributed by atoms with van der Waals surface area (Å²) in [7, 11) is 0. The normalized spacial score (nSPS) is 12.9. The van der Waals surface area contributed by atoms with E-state index in [9.17, 15) is 4.79 Å². The highest BCUT2D eigenvalue weighted by Gasteiger charge is 2.20. The van der Waals surface area contributed by atoms with Crippen molar-refractivity contribution in [3.63, 3.8) is 0 Å². The van der Waals surface area contributed by atoms with Crippen LogP contribution in [0.5, 0.6) is 0 Å². The van der Waals surface area contributed by atoms with E-state index in [1.54, 1.807) is 0 Å². The Kier molecular flexibility index (Phi) is 5.36. The lowest BCUT2D eigenvalue weighted by Crippen LogP contribution is -2.19. The van der Waals surface area contributed by atoms with Crippen LogP contribution in [0, 0.1) is 18.3 Å². The minimum atomic E-state index is 0.0336. The Balaban J connectivity index is 1.92. The Morgan fingerprint density at radius 1 is 1.19 bits per heavy atom. The summed E-state index contributed by atoms with van der Waals surface area (Å²) in [6.45, 7) is 10.8. The predicted octanol–water partition coefficient (Wildman–Crippen LogP) is 5.71. The first-order valence-corrected chi connectivity index (χ1v) is 9.57. The Hall–Kier alpha value is -2.62. The largest absolute Gasteiger partial charge is 0.310 e. The number of carbonyl (C=O) groups excluding carboxylic acids is 1. The molecular formula is C23H29N3O. The van der Waals surface area contributed by atoms with E-state index in [1.807, 2.05) is 60.0 Å². The number of carbonyl (C=O) groups is 1. The van der Waals surface area contributed by atoms with E-state index < -0.39 is 0 Å². The van der Waals surface area contributed by atoms with E-state index in [-0.39, 0.29) is 11.3 Å². The monoisotopic (exact) mass is 363 g/mol. The van der Waals surface area contributed by atoms with Gasteiger partial charge in [0.05, 0.1) is 0 Å². The molecule has 0 spiro atoms. The standard InChI is InChI=1S/C23H29N3O/c1-16-11-12-26-19(13-16)24-21(18-9-7-6-8-10-18)22(26)25-20(27)14-17(2)15-23(3,4)5/h6-13,17H,14-15H2,1-5H3,(H,25,27)/t17-/m1/s1. The lowest BCUT2D eigenvalue weighted by Gasteiger charge is -2.22. The van der Waals surface area contributed by atoms with E-state index in [4.69, 9.17) is 4.98 Å². The summed E-state index contributed by atoms with van der Waals surface area (Å²) in [4.78, 5) is 17.5. The van der Waals surface area contributed by atoms with Crippen LogP contribution >= 0.6 is 0 Å². The molecule has 2 heterocycles. The number of aryl methyl sites for hydroxylation is 1. The Bertz CT molecular complexity index is 935. The third-order valence-electron chi connectivity index (χ3n) is 4.58.